The molecule has 0 amide bonds. The fraction of sp³-hybridized carbons (Fsp3) is 0.571. The van der Waals surface area contributed by atoms with Gasteiger partial charge in [-0.2, -0.15) is 13.2 Å². The van der Waals surface area contributed by atoms with Crippen LogP contribution in [0.25, 0.3) is 4.91 Å². The highest BCUT2D eigenvalue weighted by Crippen LogP contribution is 2.48. The first kappa shape index (κ1) is 24.4. The SMILES string of the molecule is CC1CC(N2C(C=O)=C(c3cnc(NCC(C)(C)C)cc3C(F)(F)F)S[C@H]2C(=O)O)CN1. The number of pyridine rings is 1. The number of nitrogens with zero attached hydrogens (tertiary/aromatic N) is 2. The maximum atomic E-state index is 14.0. The predicted molar refractivity (Wildman–Crippen MR) is 117 cm³/mol. The highest BCUT2D eigenvalue weighted by molar-refractivity contribution is 8.09. The number of alkyl halides is 3. The van der Waals surface area contributed by atoms with E-state index in [1.165, 1.54) is 4.90 Å². The fourth-order valence-corrected chi connectivity index (χ4v) is 5.08. The molecule has 0 saturated carbocycles. The first-order chi connectivity index (χ1) is 14.8. The molecule has 7 nitrogen and oxygen atoms in total. The molecule has 2 aliphatic heterocycles. The van der Waals surface area contributed by atoms with Crippen molar-refractivity contribution in [3.05, 3.63) is 29.1 Å². The van der Waals surface area contributed by atoms with Gasteiger partial charge in [0.25, 0.3) is 0 Å². The second-order valence-electron chi connectivity index (χ2n) is 9.27. The monoisotopic (exact) mass is 472 g/mol. The minimum absolute atomic E-state index is 0.0193. The number of hydrogen-bond donors (Lipinski definition) is 3. The molecule has 1 aromatic heterocycles. The zero-order chi connectivity index (χ0) is 23.8. The molecule has 2 unspecified atom stereocenters. The Morgan fingerprint density at radius 2 is 2.09 bits per heavy atom. The number of carboxylic acid groups (broad SMARTS) is 1. The van der Waals surface area contributed by atoms with Crippen LogP contribution in [0.3, 0.4) is 0 Å². The first-order valence-electron chi connectivity index (χ1n) is 10.2. The third-order valence-corrected chi connectivity index (χ3v) is 6.61. The van der Waals surface area contributed by atoms with Crippen LogP contribution in [0.1, 0.15) is 45.2 Å². The van der Waals surface area contributed by atoms with E-state index in [0.29, 0.717) is 25.8 Å². The van der Waals surface area contributed by atoms with Crippen molar-refractivity contribution in [2.24, 2.45) is 5.41 Å². The smallest absolute Gasteiger partial charge is 0.417 e. The zero-order valence-corrected chi connectivity index (χ0v) is 19.1. The molecule has 11 heteroatoms. The fourth-order valence-electron chi connectivity index (χ4n) is 3.79. The minimum atomic E-state index is -4.71. The predicted octanol–water partition coefficient (Wildman–Crippen LogP) is 3.64. The van der Waals surface area contributed by atoms with Gasteiger partial charge in [-0.25, -0.2) is 9.78 Å². The zero-order valence-electron chi connectivity index (χ0n) is 18.3. The van der Waals surface area contributed by atoms with Crippen LogP contribution in [0.15, 0.2) is 18.0 Å². The van der Waals surface area contributed by atoms with Crippen molar-refractivity contribution in [2.45, 2.75) is 57.7 Å². The molecule has 0 aliphatic carbocycles. The third kappa shape index (κ3) is 5.20. The number of carboxylic acids is 1. The van der Waals surface area contributed by atoms with Gasteiger partial charge in [-0.1, -0.05) is 32.5 Å². The molecule has 1 aromatic rings. The normalized spacial score (nSPS) is 24.2. The Bertz CT molecular complexity index is 930. The summed E-state index contributed by atoms with van der Waals surface area (Å²) >= 11 is 0.741. The van der Waals surface area contributed by atoms with E-state index in [2.05, 4.69) is 15.6 Å². The second kappa shape index (κ2) is 8.93. The molecular formula is C21H27F3N4O3S. The Labute approximate surface area is 188 Å². The third-order valence-electron chi connectivity index (χ3n) is 5.29. The van der Waals surface area contributed by atoms with Crippen LogP contribution in [0.4, 0.5) is 19.0 Å². The van der Waals surface area contributed by atoms with Crippen LogP contribution in [0.2, 0.25) is 0 Å². The summed E-state index contributed by atoms with van der Waals surface area (Å²) in [6, 6.07) is 0.706. The summed E-state index contributed by atoms with van der Waals surface area (Å²) < 4.78 is 41.9. The molecule has 0 spiro atoms. The van der Waals surface area contributed by atoms with Crippen LogP contribution in [-0.2, 0) is 15.8 Å². The Kier molecular flexibility index (Phi) is 6.80. The lowest BCUT2D eigenvalue weighted by Crippen LogP contribution is -2.43. The lowest BCUT2D eigenvalue weighted by atomic mass is 9.97. The van der Waals surface area contributed by atoms with Gasteiger partial charge in [-0.15, -0.1) is 0 Å². The number of halogens is 3. The van der Waals surface area contributed by atoms with Crippen molar-refractivity contribution in [1.29, 1.82) is 0 Å². The molecule has 0 radical (unpaired) electrons. The molecule has 176 valence electrons. The highest BCUT2D eigenvalue weighted by atomic mass is 32.2. The molecule has 3 rings (SSSR count). The maximum Gasteiger partial charge on any atom is 0.417 e. The molecule has 32 heavy (non-hydrogen) atoms. The van der Waals surface area contributed by atoms with Gasteiger partial charge in [0, 0.05) is 41.8 Å². The summed E-state index contributed by atoms with van der Waals surface area (Å²) in [4.78, 5) is 29.5. The number of hydrogen-bond acceptors (Lipinski definition) is 7. The topological polar surface area (TPSA) is 94.6 Å². The van der Waals surface area contributed by atoms with Crippen molar-refractivity contribution in [3.63, 3.8) is 0 Å². The Hall–Kier alpha value is -2.27. The quantitative estimate of drug-likeness (QED) is 0.541. The Morgan fingerprint density at radius 3 is 2.59 bits per heavy atom. The van der Waals surface area contributed by atoms with Gasteiger partial charge in [-0.05, 0) is 24.8 Å². The molecule has 0 bridgehead atoms. The number of rotatable bonds is 6. The summed E-state index contributed by atoms with van der Waals surface area (Å²) in [5, 5.41) is 14.6. The molecule has 3 atom stereocenters. The van der Waals surface area contributed by atoms with Crippen LogP contribution >= 0.6 is 11.8 Å². The average molecular weight is 473 g/mol. The second-order valence-corrected chi connectivity index (χ2v) is 10.4. The number of allylic oxidation sites excluding steroid dienone is 1. The standard InChI is InChI=1S/C21H27F3N4O3S/c1-11-5-12(7-25-11)28-15(9-29)17(32-18(28)19(30)31)13-8-26-16(27-10-20(2,3)4)6-14(13)21(22,23)24/h6,8-9,11-12,18,25H,5,7,10H2,1-4H3,(H,26,27)(H,30,31)/t11?,12?,18-/m0/s1. The van der Waals surface area contributed by atoms with Crippen LogP contribution in [0, 0.1) is 5.41 Å². The van der Waals surface area contributed by atoms with E-state index in [9.17, 15) is 27.9 Å². The number of nitrogens with one attached hydrogen (secondary N) is 2. The maximum absolute atomic E-state index is 14.0. The molecule has 3 N–H and O–H groups in total. The van der Waals surface area contributed by atoms with Crippen molar-refractivity contribution in [1.82, 2.24) is 15.2 Å². The van der Waals surface area contributed by atoms with E-state index in [1.54, 1.807) is 0 Å². The summed E-state index contributed by atoms with van der Waals surface area (Å²) in [6.07, 6.45) is -2.62. The number of aliphatic carboxylic acids is 1. The lowest BCUT2D eigenvalue weighted by Gasteiger charge is -2.30. The van der Waals surface area contributed by atoms with E-state index >= 15 is 0 Å². The van der Waals surface area contributed by atoms with Gasteiger partial charge >= 0.3 is 12.1 Å². The minimum Gasteiger partial charge on any atom is -0.479 e. The number of carbonyl (C=O) groups is 2. The van der Waals surface area contributed by atoms with E-state index in [-0.39, 0.29) is 39.5 Å². The van der Waals surface area contributed by atoms with Crippen LogP contribution < -0.4 is 10.6 Å². The summed E-state index contributed by atoms with van der Waals surface area (Å²) in [7, 11) is 0. The summed E-state index contributed by atoms with van der Waals surface area (Å²) in [5.41, 5.74) is -1.48. The molecule has 1 fully saturated rings. The Balaban J connectivity index is 2.07. The van der Waals surface area contributed by atoms with Crippen molar-refractivity contribution in [3.8, 4) is 0 Å². The largest absolute Gasteiger partial charge is 0.479 e. The number of anilines is 1. The first-order valence-corrected chi connectivity index (χ1v) is 11.1. The number of thioether (sulfide) groups is 1. The van der Waals surface area contributed by atoms with Gasteiger partial charge in [0.2, 0.25) is 0 Å². The van der Waals surface area contributed by atoms with Gasteiger partial charge in [-0.3, -0.25) is 4.79 Å². The molecular weight excluding hydrogens is 445 g/mol. The van der Waals surface area contributed by atoms with Crippen molar-refractivity contribution < 1.29 is 27.9 Å². The number of carbonyl (C=O) groups excluding carboxylic acids is 1. The highest BCUT2D eigenvalue weighted by Gasteiger charge is 2.45. The molecule has 2 aliphatic rings. The summed E-state index contributed by atoms with van der Waals surface area (Å²) in [5.74, 6) is -1.15. The number of aromatic nitrogens is 1. The summed E-state index contributed by atoms with van der Waals surface area (Å²) in [6.45, 7) is 8.60. The van der Waals surface area contributed by atoms with E-state index < -0.39 is 23.1 Å². The van der Waals surface area contributed by atoms with Crippen LogP contribution in [-0.4, -0.2) is 57.8 Å². The number of aldehydes is 1. The van der Waals surface area contributed by atoms with Crippen molar-refractivity contribution in [2.75, 3.05) is 18.4 Å². The lowest BCUT2D eigenvalue weighted by molar-refractivity contribution is -0.140. The molecule has 3 heterocycles. The van der Waals surface area contributed by atoms with E-state index in [1.807, 2.05) is 27.7 Å². The van der Waals surface area contributed by atoms with Gasteiger partial charge in [0.15, 0.2) is 11.7 Å². The van der Waals surface area contributed by atoms with Crippen molar-refractivity contribution >= 4 is 34.7 Å². The van der Waals surface area contributed by atoms with Gasteiger partial charge < -0.3 is 20.6 Å². The Morgan fingerprint density at radius 1 is 1.41 bits per heavy atom. The average Bonchev–Trinajstić information content (AvgIpc) is 3.28. The van der Waals surface area contributed by atoms with E-state index in [4.69, 9.17) is 0 Å². The van der Waals surface area contributed by atoms with Crippen LogP contribution in [0.5, 0.6) is 0 Å². The molecule has 1 saturated heterocycles. The van der Waals surface area contributed by atoms with E-state index in [0.717, 1.165) is 24.0 Å². The van der Waals surface area contributed by atoms with Gasteiger partial charge in [0.05, 0.1) is 11.3 Å². The van der Waals surface area contributed by atoms with Gasteiger partial charge in [0.1, 0.15) is 5.82 Å². The molecule has 0 aromatic carbocycles.